The normalized spacial score (nSPS) is 16.0. The van der Waals surface area contributed by atoms with Gasteiger partial charge in [-0.25, -0.2) is 0 Å². The fourth-order valence-corrected chi connectivity index (χ4v) is 2.65. The number of hydrogen-bond acceptors (Lipinski definition) is 5. The molecule has 3 rings (SSSR count). The van der Waals surface area contributed by atoms with Gasteiger partial charge in [-0.05, 0) is 49.4 Å². The molecule has 0 spiro atoms. The highest BCUT2D eigenvalue weighted by atomic mass is 16.5. The van der Waals surface area contributed by atoms with Crippen molar-refractivity contribution in [1.82, 2.24) is 0 Å². The van der Waals surface area contributed by atoms with Crippen LogP contribution in [0, 0.1) is 0 Å². The van der Waals surface area contributed by atoms with E-state index in [0.717, 1.165) is 12.0 Å². The van der Waals surface area contributed by atoms with Crippen molar-refractivity contribution in [2.75, 3.05) is 25.2 Å². The van der Waals surface area contributed by atoms with Gasteiger partial charge in [0.15, 0.2) is 6.10 Å². The summed E-state index contributed by atoms with van der Waals surface area (Å²) >= 11 is 0. The van der Waals surface area contributed by atoms with Crippen LogP contribution in [0.25, 0.3) is 0 Å². The smallest absolute Gasteiger partial charge is 0.267 e. The molecular formula is C19H19NO5. The lowest BCUT2D eigenvalue weighted by Gasteiger charge is -2.33. The summed E-state index contributed by atoms with van der Waals surface area (Å²) in [6.45, 7) is 2.37. The SMILES string of the molecule is COc1ccc(OCCN2C(=O)C(C)Oc3ccc(C=O)cc32)cc1. The monoisotopic (exact) mass is 341 g/mol. The van der Waals surface area contributed by atoms with Crippen molar-refractivity contribution < 1.29 is 23.8 Å². The second-order valence-electron chi connectivity index (χ2n) is 5.62. The average Bonchev–Trinajstić information content (AvgIpc) is 2.65. The Balaban J connectivity index is 1.72. The Kier molecular flexibility index (Phi) is 4.88. The van der Waals surface area contributed by atoms with Crippen LogP contribution in [0.2, 0.25) is 0 Å². The van der Waals surface area contributed by atoms with Gasteiger partial charge < -0.3 is 19.1 Å². The first-order valence-corrected chi connectivity index (χ1v) is 7.96. The van der Waals surface area contributed by atoms with E-state index >= 15 is 0 Å². The van der Waals surface area contributed by atoms with Crippen LogP contribution in [-0.2, 0) is 4.79 Å². The van der Waals surface area contributed by atoms with E-state index in [1.807, 2.05) is 12.1 Å². The van der Waals surface area contributed by atoms with E-state index in [-0.39, 0.29) is 5.91 Å². The summed E-state index contributed by atoms with van der Waals surface area (Å²) in [5, 5.41) is 0. The minimum absolute atomic E-state index is 0.158. The maximum Gasteiger partial charge on any atom is 0.267 e. The molecule has 130 valence electrons. The lowest BCUT2D eigenvalue weighted by molar-refractivity contribution is -0.125. The largest absolute Gasteiger partial charge is 0.497 e. The first-order valence-electron chi connectivity index (χ1n) is 7.96. The summed E-state index contributed by atoms with van der Waals surface area (Å²) in [7, 11) is 1.60. The number of hydrogen-bond donors (Lipinski definition) is 0. The maximum atomic E-state index is 12.5. The average molecular weight is 341 g/mol. The van der Waals surface area contributed by atoms with Crippen molar-refractivity contribution in [3.05, 3.63) is 48.0 Å². The summed E-state index contributed by atoms with van der Waals surface area (Å²) in [6, 6.07) is 12.3. The molecule has 0 saturated carbocycles. The van der Waals surface area contributed by atoms with Gasteiger partial charge in [-0.1, -0.05) is 0 Å². The number of carbonyl (C=O) groups excluding carboxylic acids is 2. The molecule has 0 saturated heterocycles. The number of nitrogens with zero attached hydrogens (tertiary/aromatic N) is 1. The van der Waals surface area contributed by atoms with Crippen molar-refractivity contribution in [3.8, 4) is 17.2 Å². The quantitative estimate of drug-likeness (QED) is 0.756. The highest BCUT2D eigenvalue weighted by molar-refractivity contribution is 6.00. The molecule has 25 heavy (non-hydrogen) atoms. The lowest BCUT2D eigenvalue weighted by Crippen LogP contribution is -2.46. The number of benzene rings is 2. The molecule has 2 aromatic rings. The zero-order valence-corrected chi connectivity index (χ0v) is 14.1. The van der Waals surface area contributed by atoms with Crippen molar-refractivity contribution in [3.63, 3.8) is 0 Å². The molecular weight excluding hydrogens is 322 g/mol. The van der Waals surface area contributed by atoms with Crippen molar-refractivity contribution in [2.45, 2.75) is 13.0 Å². The van der Waals surface area contributed by atoms with Gasteiger partial charge in [0.2, 0.25) is 0 Å². The third-order valence-corrected chi connectivity index (χ3v) is 3.97. The third kappa shape index (κ3) is 3.57. The Bertz CT molecular complexity index is 772. The van der Waals surface area contributed by atoms with Crippen molar-refractivity contribution in [1.29, 1.82) is 0 Å². The van der Waals surface area contributed by atoms with E-state index in [9.17, 15) is 9.59 Å². The second kappa shape index (κ2) is 7.25. The van der Waals surface area contributed by atoms with Gasteiger partial charge >= 0.3 is 0 Å². The van der Waals surface area contributed by atoms with Crippen LogP contribution in [0.15, 0.2) is 42.5 Å². The molecule has 6 nitrogen and oxygen atoms in total. The van der Waals surface area contributed by atoms with Crippen molar-refractivity contribution in [2.24, 2.45) is 0 Å². The van der Waals surface area contributed by atoms with E-state index < -0.39 is 6.10 Å². The van der Waals surface area contributed by atoms with E-state index in [0.29, 0.717) is 35.9 Å². The lowest BCUT2D eigenvalue weighted by atomic mass is 10.1. The molecule has 0 radical (unpaired) electrons. The first-order chi connectivity index (χ1) is 12.1. The number of anilines is 1. The van der Waals surface area contributed by atoms with Gasteiger partial charge in [-0.3, -0.25) is 9.59 Å². The number of amides is 1. The number of methoxy groups -OCH3 is 1. The highest BCUT2D eigenvalue weighted by Crippen LogP contribution is 2.34. The standard InChI is InChI=1S/C19H19NO5/c1-13-19(22)20(17-11-14(12-21)3-8-18(17)25-13)9-10-24-16-6-4-15(23-2)5-7-16/h3-8,11-13H,9-10H2,1-2H3. The van der Waals surface area contributed by atoms with Crippen LogP contribution in [0.4, 0.5) is 5.69 Å². The molecule has 0 aliphatic carbocycles. The summed E-state index contributed by atoms with van der Waals surface area (Å²) in [5.41, 5.74) is 1.08. The van der Waals surface area contributed by atoms with Gasteiger partial charge in [0.25, 0.3) is 5.91 Å². The van der Waals surface area contributed by atoms with Crippen LogP contribution in [0.3, 0.4) is 0 Å². The van der Waals surface area contributed by atoms with Crippen LogP contribution in [0.5, 0.6) is 17.2 Å². The van der Waals surface area contributed by atoms with Crippen molar-refractivity contribution >= 4 is 17.9 Å². The van der Waals surface area contributed by atoms with Gasteiger partial charge in [0.1, 0.15) is 30.1 Å². The van der Waals surface area contributed by atoms with E-state index in [1.54, 1.807) is 49.3 Å². The van der Waals surface area contributed by atoms with Crippen LogP contribution >= 0.6 is 0 Å². The second-order valence-corrected chi connectivity index (χ2v) is 5.62. The number of ether oxygens (including phenoxy) is 3. The molecule has 1 atom stereocenters. The molecule has 6 heteroatoms. The molecule has 0 fully saturated rings. The number of carbonyl (C=O) groups is 2. The van der Waals surface area contributed by atoms with Gasteiger partial charge in [-0.2, -0.15) is 0 Å². The minimum atomic E-state index is -0.574. The van der Waals surface area contributed by atoms with Gasteiger partial charge in [-0.15, -0.1) is 0 Å². The fraction of sp³-hybridized carbons (Fsp3) is 0.263. The number of fused-ring (bicyclic) bond motifs is 1. The Morgan fingerprint density at radius 1 is 1.16 bits per heavy atom. The fourth-order valence-electron chi connectivity index (χ4n) is 2.65. The van der Waals surface area contributed by atoms with E-state index in [2.05, 4.69) is 0 Å². The number of rotatable bonds is 6. The molecule has 1 heterocycles. The minimum Gasteiger partial charge on any atom is -0.497 e. The molecule has 0 N–H and O–H groups in total. The van der Waals surface area contributed by atoms with Crippen LogP contribution in [-0.4, -0.2) is 38.6 Å². The Hall–Kier alpha value is -3.02. The Morgan fingerprint density at radius 3 is 2.56 bits per heavy atom. The molecule has 1 amide bonds. The Morgan fingerprint density at radius 2 is 1.88 bits per heavy atom. The summed E-state index contributed by atoms with van der Waals surface area (Å²) in [4.78, 5) is 25.1. The molecule has 1 aliphatic rings. The molecule has 0 aromatic heterocycles. The zero-order valence-electron chi connectivity index (χ0n) is 14.1. The summed E-state index contributed by atoms with van der Waals surface area (Å²) in [6.07, 6.45) is 0.171. The first kappa shape index (κ1) is 16.8. The molecule has 1 aliphatic heterocycles. The maximum absolute atomic E-state index is 12.5. The number of aldehydes is 1. The molecule has 1 unspecified atom stereocenters. The van der Waals surface area contributed by atoms with Gasteiger partial charge in [0, 0.05) is 5.56 Å². The van der Waals surface area contributed by atoms with Crippen LogP contribution < -0.4 is 19.1 Å². The molecule has 2 aromatic carbocycles. The summed E-state index contributed by atoms with van der Waals surface area (Å²) in [5.74, 6) is 1.87. The van der Waals surface area contributed by atoms with E-state index in [1.165, 1.54) is 0 Å². The molecule has 0 bridgehead atoms. The van der Waals surface area contributed by atoms with Gasteiger partial charge in [0.05, 0.1) is 19.3 Å². The zero-order chi connectivity index (χ0) is 17.8. The Labute approximate surface area is 145 Å². The predicted molar refractivity (Wildman–Crippen MR) is 92.8 cm³/mol. The van der Waals surface area contributed by atoms with E-state index in [4.69, 9.17) is 14.2 Å². The highest BCUT2D eigenvalue weighted by Gasteiger charge is 2.31. The topological polar surface area (TPSA) is 65.1 Å². The summed E-state index contributed by atoms with van der Waals surface area (Å²) < 4.78 is 16.4. The van der Waals surface area contributed by atoms with Crippen LogP contribution in [0.1, 0.15) is 17.3 Å². The third-order valence-electron chi connectivity index (χ3n) is 3.97. The predicted octanol–water partition coefficient (Wildman–Crippen LogP) is 2.70.